The predicted octanol–water partition coefficient (Wildman–Crippen LogP) is 1.70. The minimum absolute atomic E-state index is 0.00196. The normalized spacial score (nSPS) is 13.6. The van der Waals surface area contributed by atoms with Crippen LogP contribution >= 0.6 is 11.6 Å². The second kappa shape index (κ2) is 9.10. The molecule has 1 heterocycles. The summed E-state index contributed by atoms with van der Waals surface area (Å²) in [5.74, 6) is -0.727. The van der Waals surface area contributed by atoms with Gasteiger partial charge in [0.1, 0.15) is 12.4 Å². The summed E-state index contributed by atoms with van der Waals surface area (Å²) < 4.78 is 15.4. The first-order valence-corrected chi connectivity index (χ1v) is 8.27. The maximum atomic E-state index is 11.9. The average molecular weight is 383 g/mol. The molecule has 1 aliphatic heterocycles. The molecule has 0 fully saturated rings. The van der Waals surface area contributed by atoms with Gasteiger partial charge in [0.2, 0.25) is 0 Å². The van der Waals surface area contributed by atoms with Crippen molar-refractivity contribution in [1.82, 2.24) is 10.6 Å². The van der Waals surface area contributed by atoms with Crippen molar-refractivity contribution in [3.05, 3.63) is 40.1 Å². The average Bonchev–Trinajstić information content (AvgIpc) is 2.59. The smallest absolute Gasteiger partial charge is 0.344 e. The topological polar surface area (TPSA) is 103 Å². The molecule has 8 nitrogen and oxygen atoms in total. The molecule has 0 bridgehead atoms. The molecule has 1 aromatic rings. The summed E-state index contributed by atoms with van der Waals surface area (Å²) in [5.41, 5.74) is 1.17. The molecule has 0 aliphatic carbocycles. The first-order chi connectivity index (χ1) is 12.4. The third-order valence-corrected chi connectivity index (χ3v) is 3.67. The van der Waals surface area contributed by atoms with Gasteiger partial charge in [0.05, 0.1) is 24.4 Å². The summed E-state index contributed by atoms with van der Waals surface area (Å²) >= 11 is 5.86. The molecule has 0 spiro atoms. The lowest BCUT2D eigenvalue weighted by Crippen LogP contribution is -2.45. The highest BCUT2D eigenvalue weighted by atomic mass is 35.5. The summed E-state index contributed by atoms with van der Waals surface area (Å²) in [6.45, 7) is 3.06. The predicted molar refractivity (Wildman–Crippen MR) is 92.8 cm³/mol. The van der Waals surface area contributed by atoms with Crippen molar-refractivity contribution in [2.24, 2.45) is 0 Å². The van der Waals surface area contributed by atoms with E-state index in [1.807, 2.05) is 0 Å². The molecule has 2 rings (SSSR count). The lowest BCUT2D eigenvalue weighted by Gasteiger charge is -2.21. The minimum Gasteiger partial charge on any atom is -0.482 e. The highest BCUT2D eigenvalue weighted by Gasteiger charge is 2.24. The molecule has 2 N–H and O–H groups in total. The quantitative estimate of drug-likeness (QED) is 0.696. The molecule has 26 heavy (non-hydrogen) atoms. The lowest BCUT2D eigenvalue weighted by molar-refractivity contribution is -0.145. The molecule has 0 unspecified atom stereocenters. The Morgan fingerprint density at radius 2 is 2.04 bits per heavy atom. The van der Waals surface area contributed by atoms with Crippen molar-refractivity contribution in [3.8, 4) is 5.75 Å². The highest BCUT2D eigenvalue weighted by molar-refractivity contribution is 6.30. The first kappa shape index (κ1) is 19.6. The van der Waals surface area contributed by atoms with E-state index < -0.39 is 18.0 Å². The molecule has 1 aromatic carbocycles. The van der Waals surface area contributed by atoms with Gasteiger partial charge < -0.3 is 24.8 Å². The van der Waals surface area contributed by atoms with Crippen molar-refractivity contribution in [3.63, 3.8) is 0 Å². The molecule has 0 saturated carbocycles. The Labute approximate surface area is 155 Å². The van der Waals surface area contributed by atoms with Gasteiger partial charge in [-0.15, -0.1) is 0 Å². The first-order valence-electron chi connectivity index (χ1n) is 7.89. The van der Waals surface area contributed by atoms with Crippen molar-refractivity contribution in [2.45, 2.75) is 13.8 Å². The molecule has 0 radical (unpaired) electrons. The third kappa shape index (κ3) is 5.38. The largest absolute Gasteiger partial charge is 0.482 e. The summed E-state index contributed by atoms with van der Waals surface area (Å²) in [6.07, 6.45) is 0. The number of ether oxygens (including phenoxy) is 3. The van der Waals surface area contributed by atoms with Gasteiger partial charge in [-0.2, -0.15) is 0 Å². The van der Waals surface area contributed by atoms with Crippen LogP contribution in [-0.2, 0) is 19.1 Å². The fourth-order valence-electron chi connectivity index (χ4n) is 2.17. The third-order valence-electron chi connectivity index (χ3n) is 3.44. The number of carbonyl (C=O) groups excluding carboxylic acids is 3. The van der Waals surface area contributed by atoms with Crippen LogP contribution in [0.1, 0.15) is 12.5 Å². The number of urea groups is 1. The van der Waals surface area contributed by atoms with Gasteiger partial charge >= 0.3 is 18.0 Å². The zero-order chi connectivity index (χ0) is 19.1. The zero-order valence-corrected chi connectivity index (χ0v) is 15.1. The van der Waals surface area contributed by atoms with E-state index in [9.17, 15) is 14.4 Å². The Morgan fingerprint density at radius 1 is 1.27 bits per heavy atom. The Kier molecular flexibility index (Phi) is 6.85. The summed E-state index contributed by atoms with van der Waals surface area (Å²) in [4.78, 5) is 35.2. The molecule has 9 heteroatoms. The van der Waals surface area contributed by atoms with Gasteiger partial charge in [0.25, 0.3) is 0 Å². The van der Waals surface area contributed by atoms with Gasteiger partial charge in [-0.05, 0) is 37.6 Å². The van der Waals surface area contributed by atoms with Crippen molar-refractivity contribution in [1.29, 1.82) is 0 Å². The fraction of sp³-hybridized carbons (Fsp3) is 0.353. The molecule has 2 amide bonds. The Hall–Kier alpha value is -2.74. The number of halogens is 1. The Morgan fingerprint density at radius 3 is 2.73 bits per heavy atom. The second-order valence-electron chi connectivity index (χ2n) is 5.34. The number of benzene rings is 1. The number of amides is 2. The van der Waals surface area contributed by atoms with Crippen LogP contribution in [0.5, 0.6) is 5.75 Å². The summed E-state index contributed by atoms with van der Waals surface area (Å²) in [5, 5.41) is 5.48. The van der Waals surface area contributed by atoms with Gasteiger partial charge in [0.15, 0.2) is 6.61 Å². The van der Waals surface area contributed by atoms with E-state index >= 15 is 0 Å². The zero-order valence-electron chi connectivity index (χ0n) is 14.4. The van der Waals surface area contributed by atoms with Crippen LogP contribution in [0.25, 0.3) is 0 Å². The monoisotopic (exact) mass is 382 g/mol. The number of rotatable bonds is 7. The van der Waals surface area contributed by atoms with Crippen molar-refractivity contribution >= 4 is 29.6 Å². The fourth-order valence-corrected chi connectivity index (χ4v) is 2.40. The minimum atomic E-state index is -0.650. The number of nitrogens with one attached hydrogen (secondary N) is 2. The summed E-state index contributed by atoms with van der Waals surface area (Å²) in [7, 11) is 0. The number of aryl methyl sites for hydroxylation is 1. The number of esters is 2. The molecule has 1 aliphatic rings. The maximum Gasteiger partial charge on any atom is 0.344 e. The standard InChI is InChI=1S/C17H19ClN2O6/c1-3-24-16(22)12-7-19-17(23)20-13(12)8-26-15(21)9-25-14-5-4-11(18)6-10(14)2/h4-6H,3,7-9H2,1-2H3,(H2,19,20,23). The molecule has 0 aromatic heterocycles. The van der Waals surface area contributed by atoms with E-state index in [-0.39, 0.29) is 37.6 Å². The highest BCUT2D eigenvalue weighted by Crippen LogP contribution is 2.21. The molecular formula is C17H19ClN2O6. The lowest BCUT2D eigenvalue weighted by atomic mass is 10.2. The number of hydrogen-bond donors (Lipinski definition) is 2. The van der Waals surface area contributed by atoms with Crippen LogP contribution in [0, 0.1) is 6.92 Å². The van der Waals surface area contributed by atoms with Gasteiger partial charge in [-0.3, -0.25) is 0 Å². The molecular weight excluding hydrogens is 364 g/mol. The van der Waals surface area contributed by atoms with E-state index in [1.165, 1.54) is 0 Å². The number of hydrogen-bond acceptors (Lipinski definition) is 6. The van der Waals surface area contributed by atoms with Crippen LogP contribution < -0.4 is 15.4 Å². The van der Waals surface area contributed by atoms with Crippen LogP contribution in [0.15, 0.2) is 29.5 Å². The summed E-state index contributed by atoms with van der Waals surface area (Å²) in [6, 6.07) is 4.52. The van der Waals surface area contributed by atoms with Crippen LogP contribution in [0.4, 0.5) is 4.79 Å². The Balaban J connectivity index is 1.93. The second-order valence-corrected chi connectivity index (χ2v) is 5.78. The molecule has 0 saturated heterocycles. The van der Waals surface area contributed by atoms with E-state index in [0.29, 0.717) is 10.8 Å². The van der Waals surface area contributed by atoms with Crippen LogP contribution in [-0.4, -0.2) is 44.3 Å². The van der Waals surface area contributed by atoms with Crippen molar-refractivity contribution in [2.75, 3.05) is 26.4 Å². The molecule has 0 atom stereocenters. The van der Waals surface area contributed by atoms with E-state index in [2.05, 4.69) is 10.6 Å². The van der Waals surface area contributed by atoms with Crippen LogP contribution in [0.3, 0.4) is 0 Å². The Bertz CT molecular complexity index is 747. The van der Waals surface area contributed by atoms with Gasteiger partial charge in [-0.1, -0.05) is 11.6 Å². The van der Waals surface area contributed by atoms with Gasteiger partial charge in [-0.25, -0.2) is 14.4 Å². The van der Waals surface area contributed by atoms with Crippen LogP contribution in [0.2, 0.25) is 5.02 Å². The van der Waals surface area contributed by atoms with E-state index in [0.717, 1.165) is 5.56 Å². The molecule has 140 valence electrons. The van der Waals surface area contributed by atoms with E-state index in [4.69, 9.17) is 25.8 Å². The maximum absolute atomic E-state index is 11.9. The number of carbonyl (C=O) groups is 3. The van der Waals surface area contributed by atoms with E-state index in [1.54, 1.807) is 32.0 Å². The van der Waals surface area contributed by atoms with Crippen molar-refractivity contribution < 1.29 is 28.6 Å². The van der Waals surface area contributed by atoms with Gasteiger partial charge in [0, 0.05) is 5.02 Å². The SMILES string of the molecule is CCOC(=O)C1=C(COC(=O)COc2ccc(Cl)cc2C)NC(=O)NC1.